The number of piperidine rings is 2. The number of carboxylic acids is 2. The van der Waals surface area contributed by atoms with Crippen LogP contribution in [-0.2, 0) is 32.3 Å². The second kappa shape index (κ2) is 20.2. The predicted molar refractivity (Wildman–Crippen MR) is 156 cm³/mol. The van der Waals surface area contributed by atoms with Crippen molar-refractivity contribution in [3.8, 4) is 0 Å². The average Bonchev–Trinajstić information content (AvgIpc) is 3.02. The zero-order valence-electron chi connectivity index (χ0n) is 24.7. The van der Waals surface area contributed by atoms with Crippen LogP contribution in [0, 0.1) is 11.8 Å². The van der Waals surface area contributed by atoms with Crippen LogP contribution >= 0.6 is 0 Å². The molecule has 2 amide bonds. The van der Waals surface area contributed by atoms with Gasteiger partial charge in [-0.1, -0.05) is 60.7 Å². The van der Waals surface area contributed by atoms with E-state index in [-0.39, 0.29) is 76.0 Å². The number of carbonyl (C=O) groups is 4. The standard InChI is InChI=1S/2C16H21NO4.Ca/c2*18-15(19)7-6-13-8-10-17(11-9-13)16(20)21-12-14-4-2-1-3-5-14;/h2*1-5,13H,6-12H2,(H,18,19);/q;;+2/p-2. The molecule has 43 heavy (non-hydrogen) atoms. The topological polar surface area (TPSA) is 139 Å². The normalized spacial score (nSPS) is 15.3. The first-order valence-electron chi connectivity index (χ1n) is 14.6. The predicted octanol–water partition coefficient (Wildman–Crippen LogP) is 2.75. The molecule has 2 heterocycles. The maximum atomic E-state index is 11.9. The molecule has 2 aromatic rings. The van der Waals surface area contributed by atoms with Crippen LogP contribution in [0.1, 0.15) is 62.5 Å². The van der Waals surface area contributed by atoms with Crippen molar-refractivity contribution in [2.45, 2.75) is 64.6 Å². The summed E-state index contributed by atoms with van der Waals surface area (Å²) in [4.78, 5) is 48.2. The van der Waals surface area contributed by atoms with Gasteiger partial charge in [-0.05, 0) is 74.3 Å². The van der Waals surface area contributed by atoms with Crippen molar-refractivity contribution >= 4 is 61.9 Å². The zero-order chi connectivity index (χ0) is 30.2. The van der Waals surface area contributed by atoms with Crippen LogP contribution in [0.15, 0.2) is 60.7 Å². The minimum atomic E-state index is -1.00. The summed E-state index contributed by atoms with van der Waals surface area (Å²) in [5, 5.41) is 20.9. The third kappa shape index (κ3) is 14.5. The molecule has 2 aromatic carbocycles. The molecule has 2 aliphatic rings. The Labute approximate surface area is 283 Å². The number of rotatable bonds is 10. The Morgan fingerprint density at radius 1 is 0.605 bits per heavy atom. The molecule has 0 aromatic heterocycles. The Kier molecular flexibility index (Phi) is 17.1. The molecule has 11 heteroatoms. The maximum absolute atomic E-state index is 11.9. The van der Waals surface area contributed by atoms with Crippen LogP contribution in [0.2, 0.25) is 0 Å². The first-order valence-corrected chi connectivity index (χ1v) is 14.6. The molecular formula is C32H40CaN2O8. The number of amides is 2. The van der Waals surface area contributed by atoms with Gasteiger partial charge in [-0.3, -0.25) is 0 Å². The molecule has 2 saturated heterocycles. The molecule has 2 fully saturated rings. The van der Waals surface area contributed by atoms with Crippen molar-refractivity contribution in [3.63, 3.8) is 0 Å². The van der Waals surface area contributed by atoms with Gasteiger partial charge >= 0.3 is 49.9 Å². The van der Waals surface area contributed by atoms with E-state index in [1.165, 1.54) is 0 Å². The smallest absolute Gasteiger partial charge is 0.550 e. The van der Waals surface area contributed by atoms with Crippen molar-refractivity contribution in [1.82, 2.24) is 9.80 Å². The van der Waals surface area contributed by atoms with Gasteiger partial charge in [-0.25, -0.2) is 9.59 Å². The molecule has 228 valence electrons. The second-order valence-corrected chi connectivity index (χ2v) is 10.8. The number of ether oxygens (including phenoxy) is 2. The molecule has 0 N–H and O–H groups in total. The second-order valence-electron chi connectivity index (χ2n) is 10.8. The van der Waals surface area contributed by atoms with Gasteiger partial charge in [0.05, 0.1) is 0 Å². The van der Waals surface area contributed by atoms with Gasteiger partial charge in [0.1, 0.15) is 13.2 Å². The molecule has 10 nitrogen and oxygen atoms in total. The molecule has 0 atom stereocenters. The molecule has 0 unspecified atom stereocenters. The fraction of sp³-hybridized carbons (Fsp3) is 0.500. The minimum absolute atomic E-state index is 0. The largest absolute Gasteiger partial charge is 2.00 e. The summed E-state index contributed by atoms with van der Waals surface area (Å²) in [5.41, 5.74) is 1.93. The molecule has 0 saturated carbocycles. The van der Waals surface area contributed by atoms with E-state index >= 15 is 0 Å². The molecule has 2 aliphatic heterocycles. The zero-order valence-corrected chi connectivity index (χ0v) is 26.9. The van der Waals surface area contributed by atoms with E-state index in [1.807, 2.05) is 60.7 Å². The van der Waals surface area contributed by atoms with Crippen LogP contribution in [0.25, 0.3) is 0 Å². The first-order chi connectivity index (χ1) is 20.3. The summed E-state index contributed by atoms with van der Waals surface area (Å²) in [7, 11) is 0. The van der Waals surface area contributed by atoms with E-state index < -0.39 is 11.9 Å². The van der Waals surface area contributed by atoms with E-state index in [4.69, 9.17) is 9.47 Å². The van der Waals surface area contributed by atoms with Crippen molar-refractivity contribution < 1.29 is 38.9 Å². The van der Waals surface area contributed by atoms with Crippen molar-refractivity contribution in [2.75, 3.05) is 26.2 Å². The van der Waals surface area contributed by atoms with Gasteiger partial charge in [-0.15, -0.1) is 0 Å². The van der Waals surface area contributed by atoms with Gasteiger partial charge in [0.15, 0.2) is 0 Å². The van der Waals surface area contributed by atoms with Gasteiger partial charge in [0, 0.05) is 38.1 Å². The van der Waals surface area contributed by atoms with E-state index in [2.05, 4.69) is 0 Å². The average molecular weight is 621 g/mol. The van der Waals surface area contributed by atoms with Gasteiger partial charge in [0.25, 0.3) is 0 Å². The third-order valence-corrected chi connectivity index (χ3v) is 7.67. The van der Waals surface area contributed by atoms with Crippen molar-refractivity contribution in [3.05, 3.63) is 71.8 Å². The molecule has 0 spiro atoms. The number of hydrogen-bond donors (Lipinski definition) is 0. The molecule has 0 bridgehead atoms. The van der Waals surface area contributed by atoms with Crippen molar-refractivity contribution in [2.24, 2.45) is 11.8 Å². The number of benzene rings is 2. The van der Waals surface area contributed by atoms with Gasteiger partial charge in [-0.2, -0.15) is 0 Å². The monoisotopic (exact) mass is 620 g/mol. The van der Waals surface area contributed by atoms with Crippen LogP contribution in [0.4, 0.5) is 9.59 Å². The van der Waals surface area contributed by atoms with Crippen LogP contribution in [0.3, 0.4) is 0 Å². The summed E-state index contributed by atoms with van der Waals surface area (Å²) in [6, 6.07) is 19.1. The Hall–Kier alpha value is -2.82. The quantitative estimate of drug-likeness (QED) is 0.370. The Balaban J connectivity index is 0.000000293. The fourth-order valence-electron chi connectivity index (χ4n) is 5.07. The van der Waals surface area contributed by atoms with Crippen LogP contribution < -0.4 is 10.2 Å². The summed E-state index contributed by atoms with van der Waals surface area (Å²) in [5.74, 6) is -1.28. The van der Waals surface area contributed by atoms with E-state index in [0.29, 0.717) is 50.9 Å². The van der Waals surface area contributed by atoms with E-state index in [9.17, 15) is 29.4 Å². The van der Waals surface area contributed by atoms with Crippen LogP contribution in [0.5, 0.6) is 0 Å². The third-order valence-electron chi connectivity index (χ3n) is 7.67. The number of likely N-dealkylation sites (tertiary alicyclic amines) is 2. The van der Waals surface area contributed by atoms with Crippen molar-refractivity contribution in [1.29, 1.82) is 0 Å². The first kappa shape index (κ1) is 36.4. The fourth-order valence-corrected chi connectivity index (χ4v) is 5.07. The number of carbonyl (C=O) groups excluding carboxylic acids is 4. The van der Waals surface area contributed by atoms with E-state index in [1.54, 1.807) is 9.80 Å². The van der Waals surface area contributed by atoms with E-state index in [0.717, 1.165) is 36.8 Å². The summed E-state index contributed by atoms with van der Waals surface area (Å²) in [6.45, 7) is 3.09. The summed E-state index contributed by atoms with van der Waals surface area (Å²) in [6.07, 6.45) is 4.19. The number of nitrogens with zero attached hydrogens (tertiary/aromatic N) is 2. The SMILES string of the molecule is O=C([O-])CCC1CCN(C(=O)OCc2ccccc2)CC1.O=C([O-])CCC1CCN(C(=O)OCc2ccccc2)CC1.[Ca+2]. The number of hydrogen-bond acceptors (Lipinski definition) is 8. The molecule has 0 radical (unpaired) electrons. The Morgan fingerprint density at radius 3 is 1.23 bits per heavy atom. The number of carboxylic acid groups (broad SMARTS) is 2. The maximum Gasteiger partial charge on any atom is 2.00 e. The molecule has 4 rings (SSSR count). The van der Waals surface area contributed by atoms with Gasteiger partial charge in [0.2, 0.25) is 0 Å². The Morgan fingerprint density at radius 2 is 0.930 bits per heavy atom. The summed E-state index contributed by atoms with van der Waals surface area (Å²) >= 11 is 0. The molecule has 0 aliphatic carbocycles. The Bertz CT molecular complexity index is 1030. The minimum Gasteiger partial charge on any atom is -0.550 e. The number of aliphatic carboxylic acids is 2. The van der Waals surface area contributed by atoms with Gasteiger partial charge < -0.3 is 39.1 Å². The van der Waals surface area contributed by atoms with Crippen LogP contribution in [-0.4, -0.2) is 97.8 Å². The summed E-state index contributed by atoms with van der Waals surface area (Å²) < 4.78 is 10.6. The molecular weight excluding hydrogens is 580 g/mol.